The van der Waals surface area contributed by atoms with Gasteiger partial charge < -0.3 is 107 Å². The van der Waals surface area contributed by atoms with E-state index in [2.05, 4.69) is 135 Å². The highest BCUT2D eigenvalue weighted by atomic mass is 32.2. The molecule has 10 heterocycles. The summed E-state index contributed by atoms with van der Waals surface area (Å²) in [4.78, 5) is 93.7. The zero-order chi connectivity index (χ0) is 79.7. The first-order chi connectivity index (χ1) is 52.6. The average molecular weight is 1560 g/mol. The number of carbonyl (C=O) groups excluding carboxylic acids is 4. The van der Waals surface area contributed by atoms with Gasteiger partial charge in [-0.25, -0.2) is 67.6 Å². The number of likely N-dealkylation sites (N-methyl/N-ethyl adjacent to an activating group) is 2. The highest BCUT2D eigenvalue weighted by molar-refractivity contribution is 7.89. The lowest BCUT2D eigenvalue weighted by atomic mass is 10.1. The SMILES string of the molecule is CCNC(=O)[C@H]1O[C@@H](n2cnc3c(NC)nc(CNC(=O)NCCN4CCCCC4)nc32)[C@H](O)[C@@H]1O.CCNC(=O)[C@H]1O[C@@H](n2cnc3c(NCc4ccc(OC)cc4)nc(CNS(=O)(=O)CC(C)C)nc32)[C@H](O)[C@@H]1O.CNc1nc(CNC(=O)NCCN(C(C)C)C(C)C)nc2c1ncn2[C@@H]1O[C@H](CO)[C@@H](O)[C@H]1O. The van der Waals surface area contributed by atoms with Crippen molar-refractivity contribution in [2.75, 3.05) is 102 Å². The third kappa shape index (κ3) is 21.1. The van der Waals surface area contributed by atoms with E-state index in [0.717, 1.165) is 31.7 Å². The first-order valence-electron chi connectivity index (χ1n) is 36.8. The number of hydrogen-bond acceptors (Lipinski definition) is 31. The number of sulfonamides is 1. The van der Waals surface area contributed by atoms with Crippen molar-refractivity contribution in [1.82, 2.24) is 105 Å². The summed E-state index contributed by atoms with van der Waals surface area (Å²) in [5, 5.41) is 97.6. The maximum atomic E-state index is 12.5. The molecule has 1 aromatic carbocycles. The Morgan fingerprint density at radius 2 is 1.01 bits per heavy atom. The lowest BCUT2D eigenvalue weighted by Gasteiger charge is -2.30. The number of hydrogen-bond donors (Lipinski definition) is 17. The molecule has 17 N–H and O–H groups in total. The summed E-state index contributed by atoms with van der Waals surface area (Å²) in [5.74, 6) is 1.48. The molecule has 42 heteroatoms. The van der Waals surface area contributed by atoms with Crippen molar-refractivity contribution in [3.63, 3.8) is 0 Å². The van der Waals surface area contributed by atoms with Crippen LogP contribution in [-0.4, -0.2) is 289 Å². The van der Waals surface area contributed by atoms with E-state index in [4.69, 9.17) is 18.9 Å². The number of ether oxygens (including phenoxy) is 4. The summed E-state index contributed by atoms with van der Waals surface area (Å²) in [6.45, 7) is 20.9. The minimum atomic E-state index is -3.58. The molecule has 12 atom stereocenters. The predicted octanol–water partition coefficient (Wildman–Crippen LogP) is -1.42. The second-order valence-electron chi connectivity index (χ2n) is 27.6. The molecule has 4 saturated heterocycles. The summed E-state index contributed by atoms with van der Waals surface area (Å²) in [6, 6.07) is 7.52. The monoisotopic (exact) mass is 1560 g/mol. The standard InChI is InChI=1S/C25H35N7O7S.C22H35N9O5.C21H36N8O5/c1-5-26-24(35)21-19(33)20(34)25(39-21)32-13-28-18-22(27-10-15-6-8-16(38-4)9-7-15)30-17(31-23(18)32)11-29-40(36,37)12-14(2)3;1-3-24-20(34)17-15(32)16(33)21(36-17)31-12-27-14-18(23-2)28-13(29-19(14)31)11-26-22(35)25-7-10-30-8-5-4-6-9-30;1-11(2)28(12(3)4)7-6-23-21(33)24-8-14-26-18(22-5)15-19(27-14)29(10-25-15)20-17(32)16(31)13(9-30)34-20/h6-9,13-14,19-21,25,29,33-34H,5,10-12H2,1-4H3,(H,26,35)(H,27,30,31);12,15-17,21,32-33H,3-11H2,1-2H3,(H,24,34)(H,23,28,29)(H2,25,26,35);10-13,16-17,20,30-32H,6-9H2,1-5H3,(H,22,26,27)(H2,23,24,33)/t19-,20+,21-,25+;15-,16+,17-,21+;13-,16-,17-,20-/m001/s1. The third-order valence-electron chi connectivity index (χ3n) is 18.5. The number of nitrogens with zero attached hydrogens (tertiary/aromatic N) is 14. The van der Waals surface area contributed by atoms with E-state index < -0.39 is 102 Å². The summed E-state index contributed by atoms with van der Waals surface area (Å²) in [6.07, 6.45) is -7.08. The fraction of sp³-hybridized carbons (Fsp3) is 0.632. The van der Waals surface area contributed by atoms with Gasteiger partial charge in [0.15, 0.2) is 93.5 Å². The van der Waals surface area contributed by atoms with Crippen LogP contribution in [0.4, 0.5) is 27.0 Å². The van der Waals surface area contributed by atoms with Crippen molar-refractivity contribution in [3.8, 4) is 5.75 Å². The van der Waals surface area contributed by atoms with Gasteiger partial charge in [-0.15, -0.1) is 0 Å². The Balaban J connectivity index is 0.000000191. The molecule has 0 bridgehead atoms. The number of imidazole rings is 3. The van der Waals surface area contributed by atoms with Crippen LogP contribution >= 0.6 is 0 Å². The van der Waals surface area contributed by atoms with E-state index in [-0.39, 0.29) is 54.8 Å². The van der Waals surface area contributed by atoms with E-state index in [1.807, 2.05) is 24.3 Å². The maximum absolute atomic E-state index is 12.5. The first kappa shape index (κ1) is 85.0. The van der Waals surface area contributed by atoms with E-state index in [1.54, 1.807) is 48.9 Å². The summed E-state index contributed by atoms with van der Waals surface area (Å²) in [5.41, 5.74) is 3.01. The zero-order valence-corrected chi connectivity index (χ0v) is 64.4. The second-order valence-corrected chi connectivity index (χ2v) is 29.4. The molecule has 4 aliphatic heterocycles. The normalized spacial score (nSPS) is 22.8. The number of nitrogens with one attached hydrogen (secondary N) is 10. The molecule has 0 saturated carbocycles. The molecule has 0 unspecified atom stereocenters. The molecular weight excluding hydrogens is 1460 g/mol. The Morgan fingerprint density at radius 1 is 0.564 bits per heavy atom. The number of aromatic nitrogens is 12. The van der Waals surface area contributed by atoms with Crippen molar-refractivity contribution in [2.45, 2.75) is 187 Å². The van der Waals surface area contributed by atoms with E-state index in [0.29, 0.717) is 108 Å². The van der Waals surface area contributed by atoms with Gasteiger partial charge in [-0.1, -0.05) is 32.4 Å². The van der Waals surface area contributed by atoms with Gasteiger partial charge in [-0.2, -0.15) is 0 Å². The summed E-state index contributed by atoms with van der Waals surface area (Å²) < 4.78 is 54.0. The van der Waals surface area contributed by atoms with Crippen LogP contribution in [0.2, 0.25) is 0 Å². The van der Waals surface area contributed by atoms with E-state index >= 15 is 0 Å². The second kappa shape index (κ2) is 39.2. The largest absolute Gasteiger partial charge is 0.497 e. The number of anilines is 3. The minimum absolute atomic E-state index is 0.0586. The fourth-order valence-electron chi connectivity index (χ4n) is 13.0. The van der Waals surface area contributed by atoms with Gasteiger partial charge in [-0.3, -0.25) is 28.2 Å². The molecule has 0 spiro atoms. The van der Waals surface area contributed by atoms with Gasteiger partial charge in [0, 0.05) is 72.0 Å². The van der Waals surface area contributed by atoms with Crippen LogP contribution in [0.5, 0.6) is 5.75 Å². The number of likely N-dealkylation sites (tertiary alicyclic amines) is 1. The highest BCUT2D eigenvalue weighted by Gasteiger charge is 2.50. The van der Waals surface area contributed by atoms with Gasteiger partial charge in [0.1, 0.15) is 54.3 Å². The Hall–Kier alpha value is -9.02. The van der Waals surface area contributed by atoms with Crippen molar-refractivity contribution in [3.05, 3.63) is 66.3 Å². The molecule has 11 rings (SSSR count). The van der Waals surface area contributed by atoms with Crippen molar-refractivity contribution >= 4 is 84.8 Å². The lowest BCUT2D eigenvalue weighted by Crippen LogP contribution is -2.44. The van der Waals surface area contributed by atoms with Crippen LogP contribution in [0.25, 0.3) is 33.5 Å². The zero-order valence-electron chi connectivity index (χ0n) is 63.6. The van der Waals surface area contributed by atoms with Crippen molar-refractivity contribution in [1.29, 1.82) is 0 Å². The van der Waals surface area contributed by atoms with Gasteiger partial charge in [-0.05, 0) is 91.1 Å². The number of piperidine rings is 1. The van der Waals surface area contributed by atoms with Gasteiger partial charge in [0.2, 0.25) is 10.0 Å². The molecule has 606 valence electrons. The highest BCUT2D eigenvalue weighted by Crippen LogP contribution is 2.36. The quantitative estimate of drug-likeness (QED) is 0.0237. The summed E-state index contributed by atoms with van der Waals surface area (Å²) >= 11 is 0. The molecule has 41 nitrogen and oxygen atoms in total. The topological polar surface area (TPSA) is 539 Å². The Kier molecular flexibility index (Phi) is 30.3. The molecule has 6 amide bonds. The molecule has 4 fully saturated rings. The number of methoxy groups -OCH3 is 1. The van der Waals surface area contributed by atoms with Crippen molar-refractivity contribution < 1.29 is 82.3 Å². The van der Waals surface area contributed by atoms with Gasteiger partial charge in [0.05, 0.1) is 58.1 Å². The molecular formula is C68H106N24O17S. The van der Waals surface area contributed by atoms with Crippen LogP contribution in [-0.2, 0) is 60.0 Å². The number of rotatable bonds is 31. The Labute approximate surface area is 635 Å². The van der Waals surface area contributed by atoms with Gasteiger partial charge >= 0.3 is 12.1 Å². The Morgan fingerprint density at radius 3 is 1.45 bits per heavy atom. The van der Waals surface area contributed by atoms with Crippen LogP contribution < -0.4 is 57.3 Å². The fourth-order valence-corrected chi connectivity index (χ4v) is 14.3. The lowest BCUT2D eigenvalue weighted by molar-refractivity contribution is -0.138. The predicted molar refractivity (Wildman–Crippen MR) is 401 cm³/mol. The van der Waals surface area contributed by atoms with Crippen LogP contribution in [0.3, 0.4) is 0 Å². The molecule has 110 heavy (non-hydrogen) atoms. The van der Waals surface area contributed by atoms with E-state index in [9.17, 15) is 63.3 Å². The van der Waals surface area contributed by atoms with Crippen LogP contribution in [0.15, 0.2) is 43.2 Å². The molecule has 4 aliphatic rings. The number of aliphatic hydroxyl groups excluding tert-OH is 7. The molecule has 7 aromatic rings. The maximum Gasteiger partial charge on any atom is 0.315 e. The number of urea groups is 2. The van der Waals surface area contributed by atoms with E-state index in [1.165, 1.54) is 51.9 Å². The Bertz CT molecular complexity index is 4290. The van der Waals surface area contributed by atoms with Crippen LogP contribution in [0.1, 0.15) is 116 Å². The molecule has 0 aliphatic carbocycles. The smallest absolute Gasteiger partial charge is 0.315 e. The number of fused-ring (bicyclic) bond motifs is 3. The summed E-state index contributed by atoms with van der Waals surface area (Å²) in [7, 11) is 1.37. The minimum Gasteiger partial charge on any atom is -0.497 e. The average Bonchev–Trinajstić information content (AvgIpc) is 1.62. The number of benzene rings is 1. The first-order valence-corrected chi connectivity index (χ1v) is 38.4. The molecule has 6 aromatic heterocycles. The molecule has 0 radical (unpaired) electrons. The van der Waals surface area contributed by atoms with Crippen LogP contribution in [0, 0.1) is 5.92 Å². The van der Waals surface area contributed by atoms with Crippen molar-refractivity contribution in [2.24, 2.45) is 5.92 Å². The number of carbonyl (C=O) groups is 4. The van der Waals surface area contributed by atoms with Gasteiger partial charge in [0.25, 0.3) is 11.8 Å². The third-order valence-corrected chi connectivity index (χ3v) is 20.2. The number of aliphatic hydroxyl groups is 7. The number of amides is 6.